The number of halogens is 3. The number of hydrogen-bond donors (Lipinski definition) is 0. The summed E-state index contributed by atoms with van der Waals surface area (Å²) in [6.07, 6.45) is 0.890. The van der Waals surface area contributed by atoms with E-state index in [4.69, 9.17) is 4.74 Å². The molecule has 1 saturated heterocycles. The number of ether oxygens (including phenoxy) is 1. The van der Waals surface area contributed by atoms with Gasteiger partial charge in [-0.1, -0.05) is 13.8 Å². The molecule has 3 aliphatic rings. The maximum absolute atomic E-state index is 13.9. The zero-order chi connectivity index (χ0) is 25.4. The number of hydrogen-bond acceptors (Lipinski definition) is 5. The minimum Gasteiger partial charge on any atom is -0.466 e. The lowest BCUT2D eigenvalue weighted by atomic mass is 9.73. The Morgan fingerprint density at radius 3 is 2.54 bits per heavy atom. The monoisotopic (exact) mass is 495 g/mol. The molecule has 9 heteroatoms. The van der Waals surface area contributed by atoms with Crippen molar-refractivity contribution < 1.29 is 27.5 Å². The molecule has 1 aromatic rings. The van der Waals surface area contributed by atoms with E-state index in [2.05, 4.69) is 23.7 Å². The second kappa shape index (κ2) is 10.1. The van der Waals surface area contributed by atoms with Gasteiger partial charge >= 0.3 is 12.1 Å². The number of pyridine rings is 1. The zero-order valence-corrected chi connectivity index (χ0v) is 20.9. The first-order chi connectivity index (χ1) is 16.5. The quantitative estimate of drug-likeness (QED) is 0.565. The molecule has 35 heavy (non-hydrogen) atoms. The Balaban J connectivity index is 1.44. The van der Waals surface area contributed by atoms with Crippen molar-refractivity contribution in [2.45, 2.75) is 78.1 Å². The molecule has 0 radical (unpaired) electrons. The topological polar surface area (TPSA) is 62.7 Å². The molecule has 2 aliphatic heterocycles. The lowest BCUT2D eigenvalue weighted by Gasteiger charge is -2.41. The van der Waals surface area contributed by atoms with Crippen molar-refractivity contribution in [3.8, 4) is 0 Å². The van der Waals surface area contributed by atoms with Crippen LogP contribution in [0.1, 0.15) is 69.7 Å². The van der Waals surface area contributed by atoms with E-state index in [9.17, 15) is 22.8 Å². The first-order valence-electron chi connectivity index (χ1n) is 12.8. The first kappa shape index (κ1) is 25.9. The molecule has 1 amide bonds. The van der Waals surface area contributed by atoms with Crippen LogP contribution in [0.25, 0.3) is 0 Å². The number of nitrogens with zero attached hydrogens (tertiary/aromatic N) is 3. The Hall–Kier alpha value is -2.16. The lowest BCUT2D eigenvalue weighted by molar-refractivity contribution is -0.149. The lowest BCUT2D eigenvalue weighted by Crippen LogP contribution is -2.49. The molecule has 1 aromatic heterocycles. The highest BCUT2D eigenvalue weighted by atomic mass is 19.4. The summed E-state index contributed by atoms with van der Waals surface area (Å²) < 4.78 is 44.8. The highest BCUT2D eigenvalue weighted by Gasteiger charge is 2.51. The molecule has 0 bridgehead atoms. The molecule has 1 saturated carbocycles. The van der Waals surface area contributed by atoms with E-state index >= 15 is 0 Å². The number of amides is 1. The molecule has 4 rings (SSSR count). The second-order valence-corrected chi connectivity index (χ2v) is 10.6. The van der Waals surface area contributed by atoms with Crippen molar-refractivity contribution in [1.82, 2.24) is 14.8 Å². The van der Waals surface area contributed by atoms with E-state index in [0.717, 1.165) is 57.5 Å². The normalized spacial score (nSPS) is 26.1. The van der Waals surface area contributed by atoms with Crippen LogP contribution >= 0.6 is 0 Å². The van der Waals surface area contributed by atoms with Crippen LogP contribution in [0.3, 0.4) is 0 Å². The molecule has 0 N–H and O–H groups in total. The van der Waals surface area contributed by atoms with E-state index in [-0.39, 0.29) is 36.3 Å². The van der Waals surface area contributed by atoms with Crippen molar-refractivity contribution in [1.29, 1.82) is 0 Å². The van der Waals surface area contributed by atoms with Crippen molar-refractivity contribution in [3.63, 3.8) is 0 Å². The fourth-order valence-electron chi connectivity index (χ4n) is 6.16. The van der Waals surface area contributed by atoms with E-state index in [1.54, 1.807) is 4.90 Å². The van der Waals surface area contributed by atoms with Gasteiger partial charge in [-0.3, -0.25) is 14.6 Å². The van der Waals surface area contributed by atoms with Gasteiger partial charge in [-0.25, -0.2) is 0 Å². The van der Waals surface area contributed by atoms with Crippen LogP contribution in [0.4, 0.5) is 13.2 Å². The molecule has 2 atom stereocenters. The van der Waals surface area contributed by atoms with Gasteiger partial charge in [0.25, 0.3) is 0 Å². The average molecular weight is 496 g/mol. The highest BCUT2D eigenvalue weighted by Crippen LogP contribution is 2.48. The summed E-state index contributed by atoms with van der Waals surface area (Å²) in [7, 11) is 0. The number of esters is 1. The number of alkyl halides is 3. The number of likely N-dealkylation sites (tertiary alicyclic amines) is 1. The summed E-state index contributed by atoms with van der Waals surface area (Å²) in [5, 5.41) is 0. The van der Waals surface area contributed by atoms with Gasteiger partial charge < -0.3 is 14.5 Å². The minimum atomic E-state index is -4.45. The van der Waals surface area contributed by atoms with E-state index in [0.29, 0.717) is 30.8 Å². The second-order valence-electron chi connectivity index (χ2n) is 10.6. The van der Waals surface area contributed by atoms with Gasteiger partial charge in [0.05, 0.1) is 23.5 Å². The van der Waals surface area contributed by atoms with Crippen LogP contribution in [0, 0.1) is 17.3 Å². The number of piperidine rings is 1. The first-order valence-corrected chi connectivity index (χ1v) is 12.8. The van der Waals surface area contributed by atoms with E-state index in [1.807, 2.05) is 6.92 Å². The predicted molar refractivity (Wildman–Crippen MR) is 124 cm³/mol. The molecule has 0 unspecified atom stereocenters. The Morgan fingerprint density at radius 2 is 1.91 bits per heavy atom. The summed E-state index contributed by atoms with van der Waals surface area (Å²) in [4.78, 5) is 34.2. The van der Waals surface area contributed by atoms with Crippen molar-refractivity contribution >= 4 is 11.9 Å². The number of fused-ring (bicyclic) bond motifs is 1. The van der Waals surface area contributed by atoms with Crippen LogP contribution in [0.2, 0.25) is 0 Å². The smallest absolute Gasteiger partial charge is 0.417 e. The van der Waals surface area contributed by atoms with Crippen LogP contribution in [0.5, 0.6) is 0 Å². The molecular formula is C26H36F3N3O3. The van der Waals surface area contributed by atoms with E-state index < -0.39 is 17.2 Å². The van der Waals surface area contributed by atoms with Crippen LogP contribution < -0.4 is 0 Å². The summed E-state index contributed by atoms with van der Waals surface area (Å²) >= 11 is 0. The van der Waals surface area contributed by atoms with Crippen molar-refractivity contribution in [3.05, 3.63) is 29.1 Å². The number of carbonyl (C=O) groups excluding carboxylic acids is 2. The van der Waals surface area contributed by atoms with Gasteiger partial charge in [-0.15, -0.1) is 0 Å². The minimum absolute atomic E-state index is 0.0484. The number of rotatable bonds is 5. The molecule has 0 aromatic carbocycles. The highest BCUT2D eigenvalue weighted by molar-refractivity contribution is 5.84. The summed E-state index contributed by atoms with van der Waals surface area (Å²) in [5.41, 5.74) is -0.144. The third kappa shape index (κ3) is 5.20. The number of aromatic nitrogens is 1. The molecule has 0 spiro atoms. The third-order valence-electron chi connectivity index (χ3n) is 8.37. The molecule has 3 heterocycles. The SMILES string of the molecule is CCOC(=O)C1CCN([C@@H]2CC[C@@](C(=O)N3CCc4ncc(C(F)(F)F)cc4C3)(C(C)C)C2)CC1. The third-order valence-corrected chi connectivity index (χ3v) is 8.37. The average Bonchev–Trinajstić information content (AvgIpc) is 3.29. The fraction of sp³-hybridized carbons (Fsp3) is 0.731. The Morgan fingerprint density at radius 1 is 1.20 bits per heavy atom. The van der Waals surface area contributed by atoms with Crippen LogP contribution in [0.15, 0.2) is 12.3 Å². The van der Waals surface area contributed by atoms with Gasteiger partial charge in [0.1, 0.15) is 0 Å². The molecule has 194 valence electrons. The summed E-state index contributed by atoms with van der Waals surface area (Å²) in [6, 6.07) is 1.43. The summed E-state index contributed by atoms with van der Waals surface area (Å²) in [6.45, 7) is 8.67. The predicted octanol–water partition coefficient (Wildman–Crippen LogP) is 4.46. The Labute approximate surface area is 205 Å². The standard InChI is InChI=1S/C26H36F3N3O3/c1-4-35-23(33)18-6-10-31(11-7-18)21-5-9-25(14-21,17(2)3)24(34)32-12-8-22-19(16-32)13-20(15-30-22)26(27,28)29/h13,15,17-18,21H,4-12,14,16H2,1-3H3/t21-,25+/m1/s1. The molecule has 2 fully saturated rings. The van der Waals surface area contributed by atoms with Crippen molar-refractivity contribution in [2.75, 3.05) is 26.2 Å². The molecule has 6 nitrogen and oxygen atoms in total. The maximum Gasteiger partial charge on any atom is 0.417 e. The summed E-state index contributed by atoms with van der Waals surface area (Å²) in [5.74, 6) is 0.0177. The van der Waals surface area contributed by atoms with Gasteiger partial charge in [-0.2, -0.15) is 13.2 Å². The van der Waals surface area contributed by atoms with E-state index in [1.165, 1.54) is 0 Å². The van der Waals surface area contributed by atoms with Crippen molar-refractivity contribution in [2.24, 2.45) is 17.3 Å². The van der Waals surface area contributed by atoms with Crippen LogP contribution in [-0.2, 0) is 33.5 Å². The Bertz CT molecular complexity index is 944. The maximum atomic E-state index is 13.9. The van der Waals surface area contributed by atoms with Gasteiger partial charge in [0.15, 0.2) is 0 Å². The zero-order valence-electron chi connectivity index (χ0n) is 20.9. The van der Waals surface area contributed by atoms with Gasteiger partial charge in [0, 0.05) is 37.4 Å². The van der Waals surface area contributed by atoms with Gasteiger partial charge in [0.2, 0.25) is 5.91 Å². The van der Waals surface area contributed by atoms with Crippen LogP contribution in [-0.4, -0.2) is 58.9 Å². The fourth-order valence-corrected chi connectivity index (χ4v) is 6.16. The number of carbonyl (C=O) groups is 2. The largest absolute Gasteiger partial charge is 0.466 e. The Kier molecular flexibility index (Phi) is 7.46. The van der Waals surface area contributed by atoms with Gasteiger partial charge in [-0.05, 0) is 69.7 Å². The molecular weight excluding hydrogens is 459 g/mol. The molecule has 1 aliphatic carbocycles.